The highest BCUT2D eigenvalue weighted by Crippen LogP contribution is 2.01. The Labute approximate surface area is 76.2 Å². The van der Waals surface area contributed by atoms with E-state index in [0.717, 1.165) is 6.54 Å². The van der Waals surface area contributed by atoms with Crippen LogP contribution >= 0.6 is 0 Å². The highest BCUT2D eigenvalue weighted by atomic mass is 14.9. The van der Waals surface area contributed by atoms with Crippen molar-refractivity contribution in [3.63, 3.8) is 0 Å². The van der Waals surface area contributed by atoms with E-state index in [-0.39, 0.29) is 6.04 Å². The van der Waals surface area contributed by atoms with Crippen LogP contribution in [0, 0.1) is 0 Å². The van der Waals surface area contributed by atoms with Crippen LogP contribution < -0.4 is 11.1 Å². The first kappa shape index (κ1) is 11.7. The largest absolute Gasteiger partial charge is 0.325 e. The molecule has 0 radical (unpaired) electrons. The van der Waals surface area contributed by atoms with Gasteiger partial charge in [0.1, 0.15) is 0 Å². The maximum absolute atomic E-state index is 5.66. The minimum absolute atomic E-state index is 0.163. The zero-order valence-electron chi connectivity index (χ0n) is 8.72. The third kappa shape index (κ3) is 5.33. The summed E-state index contributed by atoms with van der Waals surface area (Å²) in [6, 6.07) is 0.617. The second-order valence-electron chi connectivity index (χ2n) is 3.45. The topological polar surface area (TPSA) is 38.0 Å². The van der Waals surface area contributed by atoms with Gasteiger partial charge in [0.2, 0.25) is 0 Å². The number of rotatable bonds is 5. The molecule has 0 aliphatic heterocycles. The van der Waals surface area contributed by atoms with Gasteiger partial charge >= 0.3 is 0 Å². The molecule has 2 heteroatoms. The lowest BCUT2D eigenvalue weighted by Gasteiger charge is -2.14. The molecular weight excluding hydrogens is 148 g/mol. The van der Waals surface area contributed by atoms with Gasteiger partial charge in [-0.1, -0.05) is 18.6 Å². The van der Waals surface area contributed by atoms with Crippen LogP contribution in [0.3, 0.4) is 0 Å². The summed E-state index contributed by atoms with van der Waals surface area (Å²) in [5.41, 5.74) is 6.99. The summed E-state index contributed by atoms with van der Waals surface area (Å²) in [7, 11) is 0. The minimum atomic E-state index is 0.163. The second kappa shape index (κ2) is 6.21. The molecule has 0 amide bonds. The molecule has 0 aromatic rings. The normalized spacial score (nSPS) is 17.6. The third-order valence-electron chi connectivity index (χ3n) is 1.91. The van der Waals surface area contributed by atoms with Gasteiger partial charge < -0.3 is 11.1 Å². The van der Waals surface area contributed by atoms with Crippen molar-refractivity contribution in [2.75, 3.05) is 6.54 Å². The minimum Gasteiger partial charge on any atom is -0.325 e. The van der Waals surface area contributed by atoms with Gasteiger partial charge in [-0.3, -0.25) is 0 Å². The molecule has 2 nitrogen and oxygen atoms in total. The average Bonchev–Trinajstić information content (AvgIpc) is 1.98. The Morgan fingerprint density at radius 1 is 1.50 bits per heavy atom. The van der Waals surface area contributed by atoms with E-state index < -0.39 is 0 Å². The molecule has 3 N–H and O–H groups in total. The summed E-state index contributed by atoms with van der Waals surface area (Å²) in [5.74, 6) is 0. The molecule has 0 saturated carbocycles. The fraction of sp³-hybridized carbons (Fsp3) is 0.800. The van der Waals surface area contributed by atoms with Gasteiger partial charge in [0.25, 0.3) is 0 Å². The van der Waals surface area contributed by atoms with Crippen LogP contribution in [0.1, 0.15) is 34.1 Å². The first-order chi connectivity index (χ1) is 5.57. The van der Waals surface area contributed by atoms with Crippen molar-refractivity contribution >= 4 is 0 Å². The van der Waals surface area contributed by atoms with E-state index >= 15 is 0 Å². The molecule has 2 atom stereocenters. The molecule has 0 fully saturated rings. The van der Waals surface area contributed by atoms with Gasteiger partial charge in [-0.25, -0.2) is 0 Å². The van der Waals surface area contributed by atoms with Crippen molar-refractivity contribution in [3.05, 3.63) is 11.6 Å². The number of nitrogens with two attached hydrogens (primary N) is 1. The molecular formula is C10H22N2. The van der Waals surface area contributed by atoms with Gasteiger partial charge in [0.15, 0.2) is 0 Å². The van der Waals surface area contributed by atoms with E-state index in [0.29, 0.717) is 6.04 Å². The van der Waals surface area contributed by atoms with Gasteiger partial charge in [0.05, 0.1) is 0 Å². The van der Waals surface area contributed by atoms with Crippen LogP contribution in [-0.2, 0) is 0 Å². The van der Waals surface area contributed by atoms with E-state index in [9.17, 15) is 0 Å². The Morgan fingerprint density at radius 2 is 2.08 bits per heavy atom. The Bertz CT molecular complexity index is 139. The molecule has 0 saturated heterocycles. The van der Waals surface area contributed by atoms with Crippen LogP contribution in [0.15, 0.2) is 11.6 Å². The number of hydrogen-bond acceptors (Lipinski definition) is 2. The van der Waals surface area contributed by atoms with E-state index in [4.69, 9.17) is 5.73 Å². The predicted octanol–water partition coefficient (Wildman–Crippen LogP) is 1.67. The molecule has 0 rings (SSSR count). The monoisotopic (exact) mass is 170 g/mol. The molecule has 0 heterocycles. The van der Waals surface area contributed by atoms with E-state index in [1.807, 2.05) is 6.92 Å². The van der Waals surface area contributed by atoms with Crippen molar-refractivity contribution < 1.29 is 0 Å². The van der Waals surface area contributed by atoms with Crippen LogP contribution in [0.2, 0.25) is 0 Å². The highest BCUT2D eigenvalue weighted by molar-refractivity contribution is 5.08. The zero-order valence-corrected chi connectivity index (χ0v) is 8.72. The summed E-state index contributed by atoms with van der Waals surface area (Å²) in [5, 5.41) is 3.41. The first-order valence-electron chi connectivity index (χ1n) is 4.75. The molecule has 0 bridgehead atoms. The first-order valence-corrected chi connectivity index (χ1v) is 4.75. The lowest BCUT2D eigenvalue weighted by atomic mass is 10.1. The third-order valence-corrected chi connectivity index (χ3v) is 1.91. The van der Waals surface area contributed by atoms with Crippen molar-refractivity contribution in [3.8, 4) is 0 Å². The van der Waals surface area contributed by atoms with Crippen LogP contribution in [0.25, 0.3) is 0 Å². The Kier molecular flexibility index (Phi) is 6.03. The Morgan fingerprint density at radius 3 is 2.50 bits per heavy atom. The molecule has 0 spiro atoms. The maximum atomic E-state index is 5.66. The smallest absolute Gasteiger partial charge is 0.0248 e. The van der Waals surface area contributed by atoms with E-state index in [2.05, 4.69) is 32.2 Å². The molecule has 72 valence electrons. The van der Waals surface area contributed by atoms with Crippen LogP contribution in [-0.4, -0.2) is 18.6 Å². The standard InChI is InChI=1S/C10H22N2/c1-5-6-12-10(4)8(2)7-9(3)11/h7,9-10,12H,5-6,11H2,1-4H3/b8-7+. The van der Waals surface area contributed by atoms with Gasteiger partial charge in [0, 0.05) is 12.1 Å². The molecule has 0 aromatic carbocycles. The van der Waals surface area contributed by atoms with Gasteiger partial charge in [-0.2, -0.15) is 0 Å². The predicted molar refractivity (Wildman–Crippen MR) is 55.2 cm³/mol. The lowest BCUT2D eigenvalue weighted by Crippen LogP contribution is -2.28. The average molecular weight is 170 g/mol. The fourth-order valence-corrected chi connectivity index (χ4v) is 1.08. The van der Waals surface area contributed by atoms with Gasteiger partial charge in [-0.15, -0.1) is 0 Å². The Balaban J connectivity index is 3.83. The molecule has 2 unspecified atom stereocenters. The van der Waals surface area contributed by atoms with Crippen molar-refractivity contribution in [1.82, 2.24) is 5.32 Å². The second-order valence-corrected chi connectivity index (χ2v) is 3.45. The molecule has 0 aromatic heterocycles. The molecule has 0 aliphatic carbocycles. The van der Waals surface area contributed by atoms with Crippen LogP contribution in [0.4, 0.5) is 0 Å². The quantitative estimate of drug-likeness (QED) is 0.616. The molecule has 0 aliphatic rings. The molecule has 12 heavy (non-hydrogen) atoms. The van der Waals surface area contributed by atoms with E-state index in [1.54, 1.807) is 0 Å². The number of nitrogens with one attached hydrogen (secondary N) is 1. The highest BCUT2D eigenvalue weighted by Gasteiger charge is 2.02. The maximum Gasteiger partial charge on any atom is 0.0248 e. The van der Waals surface area contributed by atoms with Crippen molar-refractivity contribution in [2.45, 2.75) is 46.2 Å². The van der Waals surface area contributed by atoms with Crippen molar-refractivity contribution in [2.24, 2.45) is 5.73 Å². The summed E-state index contributed by atoms with van der Waals surface area (Å²) < 4.78 is 0. The lowest BCUT2D eigenvalue weighted by molar-refractivity contribution is 0.598. The van der Waals surface area contributed by atoms with Crippen molar-refractivity contribution in [1.29, 1.82) is 0 Å². The van der Waals surface area contributed by atoms with Gasteiger partial charge in [-0.05, 0) is 33.7 Å². The number of hydrogen-bond donors (Lipinski definition) is 2. The Hall–Kier alpha value is -0.340. The van der Waals surface area contributed by atoms with Crippen LogP contribution in [0.5, 0.6) is 0 Å². The summed E-state index contributed by atoms with van der Waals surface area (Å²) >= 11 is 0. The zero-order chi connectivity index (χ0) is 9.56. The van der Waals surface area contributed by atoms with E-state index in [1.165, 1.54) is 12.0 Å². The summed E-state index contributed by atoms with van der Waals surface area (Å²) in [6.45, 7) is 9.53. The fourth-order valence-electron chi connectivity index (χ4n) is 1.08. The summed E-state index contributed by atoms with van der Waals surface area (Å²) in [6.07, 6.45) is 3.28. The summed E-state index contributed by atoms with van der Waals surface area (Å²) in [4.78, 5) is 0. The SMILES string of the molecule is CCCNC(C)/C(C)=C/C(C)N.